The Morgan fingerprint density at radius 3 is 1.25 bits per heavy atom. The van der Waals surface area contributed by atoms with Gasteiger partial charge in [0.25, 0.3) is 0 Å². The average Bonchev–Trinajstić information content (AvgIpc) is 1.78. The molecule has 2 nitrogen and oxygen atoms in total. The average molecular weight is 163 g/mol. The summed E-state index contributed by atoms with van der Waals surface area (Å²) < 4.78 is 8.51. The van der Waals surface area contributed by atoms with E-state index >= 15 is 0 Å². The predicted octanol–water partition coefficient (Wildman–Crippen LogP) is 1.22. The summed E-state index contributed by atoms with van der Waals surface area (Å²) in [6.07, 6.45) is 0. The Labute approximate surface area is 83.0 Å². The van der Waals surface area contributed by atoms with Gasteiger partial charge in [-0.3, -0.25) is 0 Å². The summed E-state index contributed by atoms with van der Waals surface area (Å²) in [5.41, 5.74) is 0. The van der Waals surface area contributed by atoms with Crippen molar-refractivity contribution >= 4 is 46.4 Å². The van der Waals surface area contributed by atoms with E-state index in [0.717, 1.165) is 0 Å². The second-order valence-corrected chi connectivity index (χ2v) is 0.274. The van der Waals surface area contributed by atoms with Crippen LogP contribution < -0.4 is 0 Å². The maximum Gasteiger partial charge on any atom is 2.00 e. The Morgan fingerprint density at radius 1 is 1.25 bits per heavy atom. The molecule has 0 aliphatic heterocycles. The van der Waals surface area contributed by atoms with Crippen LogP contribution in [0.2, 0.25) is 0 Å². The topological polar surface area (TPSA) is 37.3 Å². The maximum atomic E-state index is 8.51. The van der Waals surface area contributed by atoms with Crippen LogP contribution in [0.3, 0.4) is 0 Å². The van der Waals surface area contributed by atoms with E-state index in [2.05, 4.69) is 13.8 Å². The van der Waals surface area contributed by atoms with Crippen LogP contribution in [0.1, 0.15) is 13.8 Å². The number of hydrogen-bond donors (Lipinski definition) is 1. The van der Waals surface area contributed by atoms with Crippen LogP contribution in [0.5, 0.6) is 0 Å². The zero-order valence-corrected chi connectivity index (χ0v) is 8.69. The monoisotopic (exact) mass is 163 g/mol. The molecule has 0 rings (SSSR count). The summed E-state index contributed by atoms with van der Waals surface area (Å²) >= 11 is 0. The Bertz CT molecular complexity index is 21.5. The fourth-order valence-corrected chi connectivity index (χ4v) is 0. The van der Waals surface area contributed by atoms with Crippen molar-refractivity contribution in [1.82, 2.24) is 0 Å². The molecule has 0 saturated carbocycles. The molecular weight excluding hydrogens is 151 g/mol. The first-order valence-corrected chi connectivity index (χ1v) is 2.70. The van der Waals surface area contributed by atoms with E-state index in [4.69, 9.17) is 9.46 Å². The molecule has 0 aromatic heterocycles. The molecule has 0 radical (unpaired) electrons. The van der Waals surface area contributed by atoms with Gasteiger partial charge in [0.1, 0.15) is 0 Å². The van der Waals surface area contributed by atoms with Crippen LogP contribution in [0.15, 0.2) is 0 Å². The minimum absolute atomic E-state index is 0. The first-order chi connectivity index (χ1) is 3.41. The van der Waals surface area contributed by atoms with Crippen molar-refractivity contribution in [1.29, 1.82) is 0 Å². The van der Waals surface area contributed by atoms with E-state index in [1.165, 1.54) is 0 Å². The van der Waals surface area contributed by atoms with Crippen molar-refractivity contribution in [3.8, 4) is 0 Å². The minimum Gasteiger partial charge on any atom is -0.346 e. The molecule has 0 aromatic rings. The molecule has 0 bridgehead atoms. The molecule has 8 heavy (non-hydrogen) atoms. The van der Waals surface area contributed by atoms with Gasteiger partial charge in [0.2, 0.25) is 0 Å². The van der Waals surface area contributed by atoms with E-state index in [1.807, 2.05) is 0 Å². The van der Waals surface area contributed by atoms with E-state index in [-0.39, 0.29) is 37.7 Å². The zero-order valence-electron chi connectivity index (χ0n) is 5.48. The van der Waals surface area contributed by atoms with E-state index in [1.54, 1.807) is 13.8 Å². The van der Waals surface area contributed by atoms with Gasteiger partial charge in [-0.2, -0.15) is 18.7 Å². The maximum absolute atomic E-state index is 8.51. The van der Waals surface area contributed by atoms with Crippen LogP contribution in [0, 0.1) is 13.8 Å². The normalized spacial score (nSPS) is 4.12. The molecular formula is C4H12CaO2P+. The fraction of sp³-hybridized carbons (Fsp3) is 0.500. The van der Waals surface area contributed by atoms with Crippen LogP contribution in [0.4, 0.5) is 0 Å². The fourth-order valence-electron chi connectivity index (χ4n) is 0. The SMILES string of the molecule is O=[PH+]O.[CH2-]C.[CH2-]C.[Ca+2]. The Hall–Kier alpha value is 1.32. The summed E-state index contributed by atoms with van der Waals surface area (Å²) in [4.78, 5) is 7.04. The third kappa shape index (κ3) is 168. The van der Waals surface area contributed by atoms with Crippen molar-refractivity contribution in [3.63, 3.8) is 0 Å². The van der Waals surface area contributed by atoms with E-state index < -0.39 is 8.69 Å². The third-order valence-electron chi connectivity index (χ3n) is 0. The van der Waals surface area contributed by atoms with Crippen molar-refractivity contribution in [2.45, 2.75) is 13.8 Å². The predicted molar refractivity (Wildman–Crippen MR) is 39.0 cm³/mol. The van der Waals surface area contributed by atoms with Gasteiger partial charge in [0.15, 0.2) is 0 Å². The van der Waals surface area contributed by atoms with Crippen LogP contribution >= 0.6 is 8.69 Å². The summed E-state index contributed by atoms with van der Waals surface area (Å²) in [6.45, 7) is 10.0. The largest absolute Gasteiger partial charge is 2.00 e. The Morgan fingerprint density at radius 2 is 1.25 bits per heavy atom. The first-order valence-electron chi connectivity index (χ1n) is 1.84. The molecule has 46 valence electrons. The molecule has 1 N–H and O–H groups in total. The molecule has 4 heteroatoms. The minimum atomic E-state index is -1.17. The second kappa shape index (κ2) is 82.8. The van der Waals surface area contributed by atoms with Gasteiger partial charge in [0.05, 0.1) is 0 Å². The van der Waals surface area contributed by atoms with Crippen LogP contribution in [-0.2, 0) is 4.57 Å². The summed E-state index contributed by atoms with van der Waals surface area (Å²) in [7, 11) is -1.17. The summed E-state index contributed by atoms with van der Waals surface area (Å²) in [5, 5.41) is 0. The molecule has 0 aliphatic rings. The van der Waals surface area contributed by atoms with E-state index in [0.29, 0.717) is 0 Å². The van der Waals surface area contributed by atoms with Crippen molar-refractivity contribution in [3.05, 3.63) is 13.8 Å². The summed E-state index contributed by atoms with van der Waals surface area (Å²) in [5.74, 6) is 0. The molecule has 0 heterocycles. The molecule has 1 atom stereocenters. The van der Waals surface area contributed by atoms with Gasteiger partial charge in [-0.25, -0.2) is 0 Å². The van der Waals surface area contributed by atoms with Gasteiger partial charge >= 0.3 is 46.4 Å². The van der Waals surface area contributed by atoms with Gasteiger partial charge in [-0.1, -0.05) is 0 Å². The van der Waals surface area contributed by atoms with Crippen molar-refractivity contribution in [2.24, 2.45) is 0 Å². The Balaban J connectivity index is -0.0000000147. The van der Waals surface area contributed by atoms with Gasteiger partial charge in [-0.15, -0.1) is 0 Å². The van der Waals surface area contributed by atoms with Crippen molar-refractivity contribution < 1.29 is 9.46 Å². The van der Waals surface area contributed by atoms with E-state index in [9.17, 15) is 0 Å². The standard InChI is InChI=1S/2C2H5.Ca.HO2P/c2*1-2;;1-3-2/h2*1H2,2H3;;3H/q2*-1;+2;/p+1. The third-order valence-corrected chi connectivity index (χ3v) is 0. The molecule has 0 aromatic carbocycles. The van der Waals surface area contributed by atoms with Crippen LogP contribution in [0.25, 0.3) is 0 Å². The molecule has 0 amide bonds. The number of rotatable bonds is 0. The smallest absolute Gasteiger partial charge is 0.346 e. The van der Waals surface area contributed by atoms with Crippen molar-refractivity contribution in [2.75, 3.05) is 0 Å². The molecule has 0 fully saturated rings. The molecule has 0 aliphatic carbocycles. The molecule has 1 unspecified atom stereocenters. The summed E-state index contributed by atoms with van der Waals surface area (Å²) in [6, 6.07) is 0. The zero-order chi connectivity index (χ0) is 6.71. The Kier molecular flexibility index (Phi) is 236. The van der Waals surface area contributed by atoms with Gasteiger partial charge < -0.3 is 13.8 Å². The quantitative estimate of drug-likeness (QED) is 0.331. The number of hydrogen-bond acceptors (Lipinski definition) is 1. The second-order valence-electron chi connectivity index (χ2n) is 0.0913. The van der Waals surface area contributed by atoms with Gasteiger partial charge in [0, 0.05) is 0 Å². The molecule has 0 saturated heterocycles. The van der Waals surface area contributed by atoms with Gasteiger partial charge in [-0.05, 0) is 4.57 Å². The molecule has 0 spiro atoms. The first kappa shape index (κ1) is 22.8. The van der Waals surface area contributed by atoms with Crippen LogP contribution in [-0.4, -0.2) is 42.6 Å².